The largest absolute Gasteiger partial charge is 0.391 e. The van der Waals surface area contributed by atoms with Crippen LogP contribution in [0.2, 0.25) is 0 Å². The lowest BCUT2D eigenvalue weighted by Gasteiger charge is -2.28. The van der Waals surface area contributed by atoms with Gasteiger partial charge in [0.1, 0.15) is 6.33 Å². The molecule has 2 atom stereocenters. The zero-order valence-corrected chi connectivity index (χ0v) is 13.9. The van der Waals surface area contributed by atoms with Gasteiger partial charge in [-0.25, -0.2) is 4.98 Å². The average molecular weight is 335 g/mol. The molecule has 1 fully saturated rings. The summed E-state index contributed by atoms with van der Waals surface area (Å²) in [5.41, 5.74) is 3.54. The van der Waals surface area contributed by atoms with Crippen LogP contribution < -0.4 is 5.32 Å². The standard InChI is InChI=1S/C20H21N3O2/c24-19-8-4-2-6-17(19)22-20(25)14-9-11-15(12-10-14)23-13-21-16-5-1-3-7-18(16)23/h1,3,5,7,9-13,17,19,24H,2,4,6,8H2,(H,22,25). The molecule has 128 valence electrons. The molecule has 1 aliphatic rings. The summed E-state index contributed by atoms with van der Waals surface area (Å²) in [5.74, 6) is -0.131. The highest BCUT2D eigenvalue weighted by Crippen LogP contribution is 2.20. The Bertz CT molecular complexity index is 885. The van der Waals surface area contributed by atoms with Gasteiger partial charge in [-0.05, 0) is 49.2 Å². The van der Waals surface area contributed by atoms with Crippen molar-refractivity contribution in [2.75, 3.05) is 0 Å². The van der Waals surface area contributed by atoms with Gasteiger partial charge in [-0.3, -0.25) is 9.36 Å². The molecule has 4 rings (SSSR count). The van der Waals surface area contributed by atoms with Crippen molar-refractivity contribution in [1.82, 2.24) is 14.9 Å². The van der Waals surface area contributed by atoms with Gasteiger partial charge < -0.3 is 10.4 Å². The number of para-hydroxylation sites is 2. The highest BCUT2D eigenvalue weighted by molar-refractivity contribution is 5.94. The number of fused-ring (bicyclic) bond motifs is 1. The molecule has 2 N–H and O–H groups in total. The topological polar surface area (TPSA) is 67.2 Å². The van der Waals surface area contributed by atoms with Gasteiger partial charge in [-0.1, -0.05) is 25.0 Å². The summed E-state index contributed by atoms with van der Waals surface area (Å²) in [4.78, 5) is 16.8. The third kappa shape index (κ3) is 3.15. The van der Waals surface area contributed by atoms with Crippen LogP contribution in [-0.4, -0.2) is 32.7 Å². The van der Waals surface area contributed by atoms with Gasteiger partial charge in [0, 0.05) is 11.3 Å². The fourth-order valence-corrected chi connectivity index (χ4v) is 3.47. The second-order valence-electron chi connectivity index (χ2n) is 6.58. The van der Waals surface area contributed by atoms with E-state index in [1.807, 2.05) is 53.1 Å². The normalized spacial score (nSPS) is 20.5. The van der Waals surface area contributed by atoms with E-state index in [0.29, 0.717) is 5.56 Å². The number of benzene rings is 2. The van der Waals surface area contributed by atoms with Crippen LogP contribution >= 0.6 is 0 Å². The molecular weight excluding hydrogens is 314 g/mol. The third-order valence-electron chi connectivity index (χ3n) is 4.91. The first-order valence-corrected chi connectivity index (χ1v) is 8.74. The number of amides is 1. The van der Waals surface area contributed by atoms with E-state index in [0.717, 1.165) is 42.4 Å². The van der Waals surface area contributed by atoms with Crippen molar-refractivity contribution in [2.45, 2.75) is 37.8 Å². The number of nitrogens with zero attached hydrogens (tertiary/aromatic N) is 2. The number of imidazole rings is 1. The first-order valence-electron chi connectivity index (χ1n) is 8.74. The van der Waals surface area contributed by atoms with Crippen LogP contribution in [0.15, 0.2) is 54.9 Å². The number of hydrogen-bond donors (Lipinski definition) is 2. The van der Waals surface area contributed by atoms with E-state index in [1.165, 1.54) is 0 Å². The number of nitrogens with one attached hydrogen (secondary N) is 1. The molecule has 25 heavy (non-hydrogen) atoms. The van der Waals surface area contributed by atoms with Crippen molar-refractivity contribution < 1.29 is 9.90 Å². The second kappa shape index (κ2) is 6.69. The van der Waals surface area contributed by atoms with Gasteiger partial charge in [0.2, 0.25) is 0 Å². The molecule has 0 aliphatic heterocycles. The van der Waals surface area contributed by atoms with Crippen molar-refractivity contribution in [1.29, 1.82) is 0 Å². The predicted octanol–water partition coefficient (Wildman–Crippen LogP) is 3.06. The van der Waals surface area contributed by atoms with Crippen LogP contribution in [0.1, 0.15) is 36.0 Å². The van der Waals surface area contributed by atoms with Crippen molar-refractivity contribution in [3.63, 3.8) is 0 Å². The quantitative estimate of drug-likeness (QED) is 0.773. The van der Waals surface area contributed by atoms with Crippen LogP contribution in [-0.2, 0) is 0 Å². The van der Waals surface area contributed by atoms with Gasteiger partial charge in [-0.15, -0.1) is 0 Å². The molecule has 1 saturated carbocycles. The molecule has 3 aromatic rings. The van der Waals surface area contributed by atoms with E-state index >= 15 is 0 Å². The predicted molar refractivity (Wildman–Crippen MR) is 96.8 cm³/mol. The fourth-order valence-electron chi connectivity index (χ4n) is 3.47. The smallest absolute Gasteiger partial charge is 0.251 e. The number of carbonyl (C=O) groups is 1. The lowest BCUT2D eigenvalue weighted by molar-refractivity contribution is 0.0717. The zero-order valence-electron chi connectivity index (χ0n) is 13.9. The van der Waals surface area contributed by atoms with Crippen molar-refractivity contribution >= 4 is 16.9 Å². The fraction of sp³-hybridized carbons (Fsp3) is 0.300. The first-order chi connectivity index (χ1) is 12.2. The monoisotopic (exact) mass is 335 g/mol. The highest BCUT2D eigenvalue weighted by atomic mass is 16.3. The van der Waals surface area contributed by atoms with Crippen molar-refractivity contribution in [3.05, 3.63) is 60.4 Å². The molecule has 5 nitrogen and oxygen atoms in total. The van der Waals surface area contributed by atoms with Crippen LogP contribution in [0, 0.1) is 0 Å². The third-order valence-corrected chi connectivity index (χ3v) is 4.91. The Balaban J connectivity index is 1.52. The minimum atomic E-state index is -0.436. The Labute approximate surface area is 146 Å². The van der Waals surface area contributed by atoms with Gasteiger partial charge in [0.15, 0.2) is 0 Å². The van der Waals surface area contributed by atoms with Gasteiger partial charge >= 0.3 is 0 Å². The van der Waals surface area contributed by atoms with Gasteiger partial charge in [0.05, 0.1) is 23.2 Å². The molecule has 1 aromatic heterocycles. The molecule has 0 bridgehead atoms. The minimum absolute atomic E-state index is 0.131. The molecule has 1 aliphatic carbocycles. The molecule has 0 spiro atoms. The SMILES string of the molecule is O=C(NC1CCCCC1O)c1ccc(-n2cnc3ccccc32)cc1. The van der Waals surface area contributed by atoms with E-state index in [2.05, 4.69) is 10.3 Å². The van der Waals surface area contributed by atoms with Gasteiger partial charge in [-0.2, -0.15) is 0 Å². The summed E-state index contributed by atoms with van der Waals surface area (Å²) in [5, 5.41) is 13.0. The maximum absolute atomic E-state index is 12.4. The molecule has 0 saturated heterocycles. The summed E-state index contributed by atoms with van der Waals surface area (Å²) in [6, 6.07) is 15.3. The summed E-state index contributed by atoms with van der Waals surface area (Å²) in [6.07, 6.45) is 5.03. The Morgan fingerprint density at radius 2 is 1.84 bits per heavy atom. The molecule has 2 unspecified atom stereocenters. The molecule has 2 aromatic carbocycles. The lowest BCUT2D eigenvalue weighted by atomic mass is 9.92. The van der Waals surface area contributed by atoms with Crippen LogP contribution in [0.3, 0.4) is 0 Å². The number of rotatable bonds is 3. The maximum Gasteiger partial charge on any atom is 0.251 e. The summed E-state index contributed by atoms with van der Waals surface area (Å²) in [6.45, 7) is 0. The van der Waals surface area contributed by atoms with Crippen molar-refractivity contribution in [3.8, 4) is 5.69 Å². The minimum Gasteiger partial charge on any atom is -0.391 e. The Morgan fingerprint density at radius 1 is 1.08 bits per heavy atom. The first kappa shape index (κ1) is 15.8. The molecule has 5 heteroatoms. The Hall–Kier alpha value is -2.66. The van der Waals surface area contributed by atoms with E-state index in [1.54, 1.807) is 6.33 Å². The van der Waals surface area contributed by atoms with Crippen LogP contribution in [0.5, 0.6) is 0 Å². The van der Waals surface area contributed by atoms with E-state index < -0.39 is 6.10 Å². The second-order valence-corrected chi connectivity index (χ2v) is 6.58. The molecule has 0 radical (unpaired) electrons. The highest BCUT2D eigenvalue weighted by Gasteiger charge is 2.24. The lowest BCUT2D eigenvalue weighted by Crippen LogP contribution is -2.45. The average Bonchev–Trinajstić information content (AvgIpc) is 3.08. The van der Waals surface area contributed by atoms with Crippen molar-refractivity contribution in [2.24, 2.45) is 0 Å². The Morgan fingerprint density at radius 3 is 2.64 bits per heavy atom. The van der Waals surface area contributed by atoms with Crippen LogP contribution in [0.4, 0.5) is 0 Å². The number of aliphatic hydroxyl groups is 1. The summed E-state index contributed by atoms with van der Waals surface area (Å²) in [7, 11) is 0. The zero-order chi connectivity index (χ0) is 17.2. The maximum atomic E-state index is 12.4. The number of aromatic nitrogens is 2. The molecular formula is C20H21N3O2. The van der Waals surface area contributed by atoms with Gasteiger partial charge in [0.25, 0.3) is 5.91 Å². The Kier molecular flexibility index (Phi) is 4.24. The molecule has 1 heterocycles. The summed E-state index contributed by atoms with van der Waals surface area (Å²) < 4.78 is 2.00. The number of carbonyl (C=O) groups excluding carboxylic acids is 1. The van der Waals surface area contributed by atoms with E-state index in [4.69, 9.17) is 0 Å². The number of hydrogen-bond acceptors (Lipinski definition) is 3. The molecule has 1 amide bonds. The van der Waals surface area contributed by atoms with E-state index in [-0.39, 0.29) is 11.9 Å². The van der Waals surface area contributed by atoms with Crippen LogP contribution in [0.25, 0.3) is 16.7 Å². The number of aliphatic hydroxyl groups excluding tert-OH is 1. The van der Waals surface area contributed by atoms with E-state index in [9.17, 15) is 9.90 Å². The summed E-state index contributed by atoms with van der Waals surface area (Å²) >= 11 is 0.